The molecule has 1 aliphatic heterocycles. The van der Waals surface area contributed by atoms with Gasteiger partial charge in [-0.1, -0.05) is 0 Å². The summed E-state index contributed by atoms with van der Waals surface area (Å²) in [6.07, 6.45) is 2.25. The fraction of sp³-hybridized carbons (Fsp3) is 0.346. The molecule has 34 heavy (non-hydrogen) atoms. The van der Waals surface area contributed by atoms with Crippen molar-refractivity contribution >= 4 is 22.5 Å². The Morgan fingerprint density at radius 1 is 1.12 bits per heavy atom. The van der Waals surface area contributed by atoms with E-state index in [1.807, 2.05) is 19.9 Å². The molecule has 176 valence electrons. The van der Waals surface area contributed by atoms with E-state index in [2.05, 4.69) is 56.2 Å². The van der Waals surface area contributed by atoms with Gasteiger partial charge in [0.25, 0.3) is 0 Å². The van der Waals surface area contributed by atoms with Gasteiger partial charge in [0.2, 0.25) is 5.78 Å². The topological polar surface area (TPSA) is 80.9 Å². The van der Waals surface area contributed by atoms with Gasteiger partial charge in [0, 0.05) is 47.2 Å². The van der Waals surface area contributed by atoms with Crippen molar-refractivity contribution in [2.75, 3.05) is 32.1 Å². The Hall–Kier alpha value is -3.52. The van der Waals surface area contributed by atoms with Crippen LogP contribution in [0.4, 0.5) is 10.1 Å². The van der Waals surface area contributed by atoms with E-state index in [1.54, 1.807) is 6.07 Å². The zero-order valence-electron chi connectivity index (χ0n) is 19.9. The van der Waals surface area contributed by atoms with Gasteiger partial charge in [-0.25, -0.2) is 9.37 Å². The molecule has 7 nitrogen and oxygen atoms in total. The first-order valence-corrected chi connectivity index (χ1v) is 11.6. The van der Waals surface area contributed by atoms with Crippen LogP contribution < -0.4 is 4.90 Å². The Kier molecular flexibility index (Phi) is 5.69. The Bertz CT molecular complexity index is 1340. The second-order valence-corrected chi connectivity index (χ2v) is 9.30. The third-order valence-electron chi connectivity index (χ3n) is 6.87. The number of rotatable bonds is 5. The molecule has 0 radical (unpaired) electrons. The first kappa shape index (κ1) is 22.3. The van der Waals surface area contributed by atoms with E-state index in [4.69, 9.17) is 0 Å². The Labute approximate surface area is 198 Å². The molecular formula is C26H29FN6O. The van der Waals surface area contributed by atoms with Gasteiger partial charge >= 0.3 is 0 Å². The summed E-state index contributed by atoms with van der Waals surface area (Å²) in [7, 11) is 4.27. The van der Waals surface area contributed by atoms with E-state index in [0.717, 1.165) is 48.3 Å². The van der Waals surface area contributed by atoms with Crippen LogP contribution in [-0.4, -0.2) is 64.1 Å². The molecule has 0 saturated carbocycles. The standard InChI is InChI=1S/C26H29FN6O/c1-15-24(16(2)31-30-15)20-13-17(5-7-21(20)27)25(34)26-28-22-8-6-19(14-23(22)29-26)33-11-9-18(10-12-33)32(3)4/h5-8,13-14,18H,9-12H2,1-4H3,(H,28,29)(H,30,31). The summed E-state index contributed by atoms with van der Waals surface area (Å²) in [4.78, 5) is 25.6. The summed E-state index contributed by atoms with van der Waals surface area (Å²) in [5.41, 5.74) is 5.54. The average molecular weight is 461 g/mol. The van der Waals surface area contributed by atoms with Crippen molar-refractivity contribution in [3.8, 4) is 11.1 Å². The molecule has 0 aliphatic carbocycles. The van der Waals surface area contributed by atoms with Crippen molar-refractivity contribution in [3.05, 3.63) is 65.0 Å². The molecule has 2 aromatic carbocycles. The molecule has 1 fully saturated rings. The van der Waals surface area contributed by atoms with Crippen molar-refractivity contribution in [1.29, 1.82) is 0 Å². The highest BCUT2D eigenvalue weighted by Gasteiger charge is 2.22. The van der Waals surface area contributed by atoms with Crippen molar-refractivity contribution in [2.45, 2.75) is 32.7 Å². The number of carbonyl (C=O) groups is 1. The number of hydrogen-bond acceptors (Lipinski definition) is 5. The number of carbonyl (C=O) groups excluding carboxylic acids is 1. The van der Waals surface area contributed by atoms with E-state index in [9.17, 15) is 9.18 Å². The zero-order valence-corrected chi connectivity index (χ0v) is 19.9. The van der Waals surface area contributed by atoms with Gasteiger partial charge < -0.3 is 14.8 Å². The quantitative estimate of drug-likeness (QED) is 0.430. The van der Waals surface area contributed by atoms with Crippen LogP contribution in [0, 0.1) is 19.7 Å². The van der Waals surface area contributed by atoms with Crippen LogP contribution in [0.3, 0.4) is 0 Å². The molecule has 5 rings (SSSR count). The highest BCUT2D eigenvalue weighted by molar-refractivity contribution is 6.08. The number of anilines is 1. The average Bonchev–Trinajstić information content (AvgIpc) is 3.41. The number of benzene rings is 2. The second kappa shape index (κ2) is 8.68. The number of ketones is 1. The molecule has 4 aromatic rings. The second-order valence-electron chi connectivity index (χ2n) is 9.30. The molecule has 1 saturated heterocycles. The molecule has 1 aliphatic rings. The Morgan fingerprint density at radius 2 is 1.88 bits per heavy atom. The van der Waals surface area contributed by atoms with E-state index in [0.29, 0.717) is 28.4 Å². The number of aromatic nitrogens is 4. The summed E-state index contributed by atoms with van der Waals surface area (Å²) in [5, 5.41) is 7.03. The molecule has 0 amide bonds. The van der Waals surface area contributed by atoms with E-state index < -0.39 is 5.82 Å². The van der Waals surface area contributed by atoms with Crippen molar-refractivity contribution in [2.24, 2.45) is 0 Å². The van der Waals surface area contributed by atoms with Crippen molar-refractivity contribution in [1.82, 2.24) is 25.1 Å². The highest BCUT2D eigenvalue weighted by Crippen LogP contribution is 2.30. The van der Waals surface area contributed by atoms with Crippen molar-refractivity contribution in [3.63, 3.8) is 0 Å². The van der Waals surface area contributed by atoms with Gasteiger partial charge in [-0.15, -0.1) is 0 Å². The molecular weight excluding hydrogens is 431 g/mol. The largest absolute Gasteiger partial charge is 0.371 e. The number of piperidine rings is 1. The fourth-order valence-electron chi connectivity index (χ4n) is 4.88. The molecule has 0 spiro atoms. The maximum absolute atomic E-state index is 14.6. The fourth-order valence-corrected chi connectivity index (χ4v) is 4.88. The number of nitrogens with one attached hydrogen (secondary N) is 2. The van der Waals surface area contributed by atoms with Gasteiger partial charge in [0.05, 0.1) is 16.7 Å². The van der Waals surface area contributed by atoms with Crippen LogP contribution >= 0.6 is 0 Å². The maximum atomic E-state index is 14.6. The highest BCUT2D eigenvalue weighted by atomic mass is 19.1. The molecule has 0 bridgehead atoms. The maximum Gasteiger partial charge on any atom is 0.228 e. The van der Waals surface area contributed by atoms with E-state index >= 15 is 0 Å². The Balaban J connectivity index is 1.42. The number of H-pyrrole nitrogens is 2. The zero-order chi connectivity index (χ0) is 24.0. The van der Waals surface area contributed by atoms with Crippen LogP contribution in [0.25, 0.3) is 22.2 Å². The smallest absolute Gasteiger partial charge is 0.228 e. The van der Waals surface area contributed by atoms with E-state index in [1.165, 1.54) is 12.1 Å². The first-order valence-electron chi connectivity index (χ1n) is 11.6. The lowest BCUT2D eigenvalue weighted by Crippen LogP contribution is -2.41. The summed E-state index contributed by atoms with van der Waals surface area (Å²) in [6, 6.07) is 11.1. The van der Waals surface area contributed by atoms with Gasteiger partial charge in [-0.2, -0.15) is 5.10 Å². The number of aryl methyl sites for hydroxylation is 2. The third-order valence-corrected chi connectivity index (χ3v) is 6.87. The number of imidazole rings is 1. The molecule has 0 unspecified atom stereocenters. The van der Waals surface area contributed by atoms with Crippen LogP contribution in [-0.2, 0) is 0 Å². The van der Waals surface area contributed by atoms with Gasteiger partial charge in [0.1, 0.15) is 5.82 Å². The number of nitrogens with zero attached hydrogens (tertiary/aromatic N) is 4. The molecule has 2 N–H and O–H groups in total. The van der Waals surface area contributed by atoms with Crippen LogP contribution in [0.5, 0.6) is 0 Å². The SMILES string of the molecule is Cc1n[nH]c(C)c1-c1cc(C(=O)c2nc3ccc(N4CCC(N(C)C)CC4)cc3[nH]2)ccc1F. The molecule has 0 atom stereocenters. The van der Waals surface area contributed by atoms with Gasteiger partial charge in [-0.3, -0.25) is 9.89 Å². The minimum atomic E-state index is -0.392. The lowest BCUT2D eigenvalue weighted by Gasteiger charge is -2.36. The van der Waals surface area contributed by atoms with Crippen molar-refractivity contribution < 1.29 is 9.18 Å². The summed E-state index contributed by atoms with van der Waals surface area (Å²) >= 11 is 0. The molecule has 2 aromatic heterocycles. The van der Waals surface area contributed by atoms with Gasteiger partial charge in [0.15, 0.2) is 5.82 Å². The predicted octanol–water partition coefficient (Wildman–Crippen LogP) is 4.47. The first-order chi connectivity index (χ1) is 16.3. The summed E-state index contributed by atoms with van der Waals surface area (Å²) < 4.78 is 14.6. The van der Waals surface area contributed by atoms with Crippen LogP contribution in [0.15, 0.2) is 36.4 Å². The summed E-state index contributed by atoms with van der Waals surface area (Å²) in [6.45, 7) is 5.65. The lowest BCUT2D eigenvalue weighted by atomic mass is 9.99. The molecule has 8 heteroatoms. The normalized spacial score (nSPS) is 14.9. The predicted molar refractivity (Wildman–Crippen MR) is 132 cm³/mol. The number of fused-ring (bicyclic) bond motifs is 1. The lowest BCUT2D eigenvalue weighted by molar-refractivity contribution is 0.103. The minimum Gasteiger partial charge on any atom is -0.371 e. The monoisotopic (exact) mass is 460 g/mol. The third kappa shape index (κ3) is 3.98. The minimum absolute atomic E-state index is 0.247. The van der Waals surface area contributed by atoms with Crippen LogP contribution in [0.2, 0.25) is 0 Å². The Morgan fingerprint density at radius 3 is 2.56 bits per heavy atom. The number of aromatic amines is 2. The summed E-state index contributed by atoms with van der Waals surface area (Å²) in [5.74, 6) is -0.419. The van der Waals surface area contributed by atoms with Gasteiger partial charge in [-0.05, 0) is 77.2 Å². The number of hydrogen-bond donors (Lipinski definition) is 2. The van der Waals surface area contributed by atoms with E-state index in [-0.39, 0.29) is 11.6 Å². The number of halogens is 1. The van der Waals surface area contributed by atoms with Crippen LogP contribution in [0.1, 0.15) is 40.4 Å². The molecule has 3 heterocycles.